The molecule has 2 saturated heterocycles. The molecule has 40 heavy (non-hydrogen) atoms. The minimum atomic E-state index is -0.687. The monoisotopic (exact) mass is 547 g/mol. The predicted molar refractivity (Wildman–Crippen MR) is 155 cm³/mol. The molecule has 0 amide bonds. The minimum Gasteiger partial charge on any atom is -0.480 e. The molecule has 1 aromatic carbocycles. The Balaban J connectivity index is 1.21. The van der Waals surface area contributed by atoms with E-state index in [0.717, 1.165) is 70.2 Å². The number of likely N-dealkylation sites (tertiary alicyclic amines) is 2. The van der Waals surface area contributed by atoms with E-state index in [9.17, 15) is 9.90 Å². The largest absolute Gasteiger partial charge is 0.480 e. The van der Waals surface area contributed by atoms with Gasteiger partial charge in [-0.3, -0.25) is 14.6 Å². The van der Waals surface area contributed by atoms with Crippen LogP contribution in [0.5, 0.6) is 0 Å². The van der Waals surface area contributed by atoms with Crippen LogP contribution in [0, 0.1) is 10.8 Å². The fraction of sp³-hybridized carbons (Fsp3) is 0.581. The van der Waals surface area contributed by atoms with E-state index in [0.29, 0.717) is 13.1 Å². The normalized spacial score (nSPS) is 20.1. The van der Waals surface area contributed by atoms with Crippen LogP contribution in [0.4, 0.5) is 0 Å². The molecule has 1 unspecified atom stereocenters. The number of aromatic nitrogens is 4. The molecule has 4 heterocycles. The molecule has 2 N–H and O–H groups in total. The van der Waals surface area contributed by atoms with Gasteiger partial charge in [-0.2, -0.15) is 0 Å². The van der Waals surface area contributed by atoms with Crippen LogP contribution in [0.1, 0.15) is 62.8 Å². The summed E-state index contributed by atoms with van der Waals surface area (Å²) in [5.41, 5.74) is 2.78. The molecule has 2 aromatic heterocycles. The number of aryl methyl sites for hydroxylation is 1. The van der Waals surface area contributed by atoms with E-state index in [-0.39, 0.29) is 10.8 Å². The molecule has 3 aromatic rings. The number of imidazole rings is 2. The Kier molecular flexibility index (Phi) is 8.44. The van der Waals surface area contributed by atoms with E-state index in [2.05, 4.69) is 74.7 Å². The lowest BCUT2D eigenvalue weighted by molar-refractivity contribution is -0.142. The average Bonchev–Trinajstić information content (AvgIpc) is 3.63. The van der Waals surface area contributed by atoms with Gasteiger partial charge in [0.15, 0.2) is 0 Å². The maximum Gasteiger partial charge on any atom is 0.320 e. The van der Waals surface area contributed by atoms with Crippen molar-refractivity contribution in [2.45, 2.75) is 72.3 Å². The molecule has 216 valence electrons. The second-order valence-electron chi connectivity index (χ2n) is 13.3. The summed E-state index contributed by atoms with van der Waals surface area (Å²) in [6.45, 7) is 13.8. The summed E-state index contributed by atoms with van der Waals surface area (Å²) >= 11 is 0. The van der Waals surface area contributed by atoms with E-state index in [4.69, 9.17) is 0 Å². The van der Waals surface area contributed by atoms with Crippen molar-refractivity contribution in [2.75, 3.05) is 26.2 Å². The maximum atomic E-state index is 12.3. The lowest BCUT2D eigenvalue weighted by atomic mass is 9.76. The highest BCUT2D eigenvalue weighted by molar-refractivity contribution is 5.74. The third-order valence-electron chi connectivity index (χ3n) is 8.53. The summed E-state index contributed by atoms with van der Waals surface area (Å²) in [6.07, 6.45) is 10.4. The highest BCUT2D eigenvalue weighted by atomic mass is 16.4. The van der Waals surface area contributed by atoms with Crippen LogP contribution in [0.15, 0.2) is 49.1 Å². The molecule has 9 nitrogen and oxygen atoms in total. The van der Waals surface area contributed by atoms with E-state index >= 15 is 0 Å². The van der Waals surface area contributed by atoms with Crippen LogP contribution in [0.25, 0.3) is 0 Å². The lowest BCUT2D eigenvalue weighted by Crippen LogP contribution is -2.44. The second-order valence-corrected chi connectivity index (χ2v) is 13.3. The quantitative estimate of drug-likeness (QED) is 0.394. The van der Waals surface area contributed by atoms with Gasteiger partial charge < -0.3 is 19.6 Å². The summed E-state index contributed by atoms with van der Waals surface area (Å²) in [5.74, 6) is 1.25. The highest BCUT2D eigenvalue weighted by Crippen LogP contribution is 2.44. The molecule has 0 aliphatic carbocycles. The average molecular weight is 548 g/mol. The number of carboxylic acids is 1. The zero-order chi connectivity index (χ0) is 28.3. The number of nitrogens with zero attached hydrogens (tertiary/aromatic N) is 6. The number of piperidine rings is 1. The van der Waals surface area contributed by atoms with Crippen molar-refractivity contribution >= 4 is 5.97 Å². The number of hydrogen-bond acceptors (Lipinski definition) is 6. The summed E-state index contributed by atoms with van der Waals surface area (Å²) in [6, 6.07) is 8.27. The number of aromatic amines is 1. The Morgan fingerprint density at radius 1 is 1.07 bits per heavy atom. The second kappa shape index (κ2) is 11.8. The fourth-order valence-electron chi connectivity index (χ4n) is 6.53. The zero-order valence-electron chi connectivity index (χ0n) is 24.5. The van der Waals surface area contributed by atoms with Crippen LogP contribution in [0.3, 0.4) is 0 Å². The first-order valence-electron chi connectivity index (χ1n) is 14.5. The molecule has 2 aliphatic heterocycles. The van der Waals surface area contributed by atoms with Gasteiger partial charge in [-0.25, -0.2) is 9.97 Å². The molecule has 1 atom stereocenters. The Morgan fingerprint density at radius 3 is 2.40 bits per heavy atom. The molecular formula is C31H45N7O2. The molecule has 1 spiro atoms. The van der Waals surface area contributed by atoms with Crippen molar-refractivity contribution in [3.63, 3.8) is 0 Å². The van der Waals surface area contributed by atoms with Crippen LogP contribution in [0.2, 0.25) is 0 Å². The van der Waals surface area contributed by atoms with Crippen LogP contribution < -0.4 is 0 Å². The van der Waals surface area contributed by atoms with Crippen molar-refractivity contribution in [2.24, 2.45) is 17.9 Å². The number of H-pyrrole nitrogens is 1. The first-order chi connectivity index (χ1) is 19.1. The molecule has 2 fully saturated rings. The topological polar surface area (TPSA) is 93.5 Å². The molecule has 2 aliphatic rings. The van der Waals surface area contributed by atoms with Crippen molar-refractivity contribution in [1.82, 2.24) is 34.2 Å². The molecule has 5 rings (SSSR count). The van der Waals surface area contributed by atoms with Crippen LogP contribution in [-0.4, -0.2) is 77.5 Å². The van der Waals surface area contributed by atoms with Gasteiger partial charge in [0.25, 0.3) is 0 Å². The van der Waals surface area contributed by atoms with Gasteiger partial charge in [0.2, 0.25) is 0 Å². The number of rotatable bonds is 10. The fourth-order valence-corrected chi connectivity index (χ4v) is 6.53. The van der Waals surface area contributed by atoms with Crippen molar-refractivity contribution in [3.8, 4) is 0 Å². The molecule has 0 radical (unpaired) electrons. The Morgan fingerprint density at radius 2 is 1.80 bits per heavy atom. The van der Waals surface area contributed by atoms with Crippen LogP contribution in [-0.2, 0) is 38.0 Å². The standard InChI is InChI=1S/C31H45N7O2/c1-30(2,3)22-36-14-9-31(10-15-36)17-26(29(39)40)38(23-31)19-25-7-5-24(6-8-25)18-37(20-27-32-11-12-33-27)21-28-34-13-16-35(28)4/h5-8,11-13,16,26H,9-10,14-15,17-23H2,1-4H3,(H,32,33)(H,39,40). The Labute approximate surface area is 238 Å². The lowest BCUT2D eigenvalue weighted by Gasteiger charge is -2.41. The number of hydrogen-bond donors (Lipinski definition) is 2. The van der Waals surface area contributed by atoms with E-state index < -0.39 is 12.0 Å². The van der Waals surface area contributed by atoms with Gasteiger partial charge in [0.1, 0.15) is 17.7 Å². The van der Waals surface area contributed by atoms with E-state index in [1.807, 2.05) is 30.2 Å². The Hall–Kier alpha value is -3.01. The number of aliphatic carboxylic acids is 1. The third kappa shape index (κ3) is 7.19. The first-order valence-corrected chi connectivity index (χ1v) is 14.5. The van der Waals surface area contributed by atoms with Crippen molar-refractivity contribution in [1.29, 1.82) is 0 Å². The van der Waals surface area contributed by atoms with E-state index in [1.54, 1.807) is 6.20 Å². The molecular weight excluding hydrogens is 502 g/mol. The number of benzene rings is 1. The summed E-state index contributed by atoms with van der Waals surface area (Å²) in [4.78, 5) is 31.5. The minimum absolute atomic E-state index is 0.120. The van der Waals surface area contributed by atoms with Crippen LogP contribution >= 0.6 is 0 Å². The third-order valence-corrected chi connectivity index (χ3v) is 8.53. The number of nitrogens with one attached hydrogen (secondary N) is 1. The van der Waals surface area contributed by atoms with Crippen molar-refractivity contribution < 1.29 is 9.90 Å². The maximum absolute atomic E-state index is 12.3. The molecule has 9 heteroatoms. The summed E-state index contributed by atoms with van der Waals surface area (Å²) in [7, 11) is 2.02. The van der Waals surface area contributed by atoms with Gasteiger partial charge in [0, 0.05) is 58.0 Å². The predicted octanol–water partition coefficient (Wildman–Crippen LogP) is 4.13. The zero-order valence-corrected chi connectivity index (χ0v) is 24.5. The Bertz CT molecular complexity index is 1240. The van der Waals surface area contributed by atoms with Gasteiger partial charge in [-0.15, -0.1) is 0 Å². The SMILES string of the molecule is Cn1ccnc1CN(Cc1ccc(CN2CC3(CCN(CC(C)(C)C)CC3)CC2C(=O)O)cc1)Cc1ncc[nH]1. The van der Waals surface area contributed by atoms with Gasteiger partial charge in [-0.05, 0) is 54.3 Å². The first kappa shape index (κ1) is 28.5. The van der Waals surface area contributed by atoms with Crippen molar-refractivity contribution in [3.05, 3.63) is 71.8 Å². The summed E-state index contributed by atoms with van der Waals surface area (Å²) in [5, 5.41) is 10.1. The van der Waals surface area contributed by atoms with E-state index in [1.165, 1.54) is 11.1 Å². The number of carbonyl (C=O) groups is 1. The summed E-state index contributed by atoms with van der Waals surface area (Å²) < 4.78 is 2.05. The van der Waals surface area contributed by atoms with Gasteiger partial charge in [-0.1, -0.05) is 45.0 Å². The molecule has 0 saturated carbocycles. The van der Waals surface area contributed by atoms with Gasteiger partial charge >= 0.3 is 5.97 Å². The smallest absolute Gasteiger partial charge is 0.320 e. The molecule has 0 bridgehead atoms. The number of carboxylic acid groups (broad SMARTS) is 1. The van der Waals surface area contributed by atoms with Gasteiger partial charge in [0.05, 0.1) is 13.1 Å². The highest BCUT2D eigenvalue weighted by Gasteiger charge is 2.48.